The molecule has 2 heterocycles. The Hall–Kier alpha value is -1.88. The van der Waals surface area contributed by atoms with E-state index in [1.54, 1.807) is 0 Å². The van der Waals surface area contributed by atoms with Crippen LogP contribution in [-0.2, 0) is 11.3 Å². The summed E-state index contributed by atoms with van der Waals surface area (Å²) in [7, 11) is 0. The smallest absolute Gasteiger partial charge is 0.237 e. The van der Waals surface area contributed by atoms with E-state index in [-0.39, 0.29) is 11.9 Å². The molecule has 5 nitrogen and oxygen atoms in total. The minimum Gasteiger partial charge on any atom is -0.355 e. The van der Waals surface area contributed by atoms with E-state index in [1.165, 1.54) is 0 Å². The molecule has 0 unspecified atom stereocenters. The van der Waals surface area contributed by atoms with Gasteiger partial charge < -0.3 is 15.2 Å². The second-order valence-corrected chi connectivity index (χ2v) is 5.22. The number of carbonyl (C=O) groups excluding carboxylic acids is 1. The van der Waals surface area contributed by atoms with Crippen molar-refractivity contribution in [2.75, 3.05) is 13.1 Å². The Bertz CT molecular complexity index is 586. The summed E-state index contributed by atoms with van der Waals surface area (Å²) in [6, 6.07) is 8.12. The van der Waals surface area contributed by atoms with E-state index in [0.717, 1.165) is 43.4 Å². The van der Waals surface area contributed by atoms with E-state index in [9.17, 15) is 4.79 Å². The van der Waals surface area contributed by atoms with Crippen molar-refractivity contribution in [3.63, 3.8) is 0 Å². The first-order valence-electron chi connectivity index (χ1n) is 7.25. The third-order valence-electron chi connectivity index (χ3n) is 3.78. The second kappa shape index (κ2) is 6.05. The number of hydrogen-bond acceptors (Lipinski definition) is 3. The Morgan fingerprint density at radius 3 is 3.20 bits per heavy atom. The molecule has 0 saturated carbocycles. The molecule has 0 aliphatic carbocycles. The fraction of sp³-hybridized carbons (Fsp3) is 0.467. The van der Waals surface area contributed by atoms with E-state index < -0.39 is 0 Å². The summed E-state index contributed by atoms with van der Waals surface area (Å²) in [4.78, 5) is 16.2. The summed E-state index contributed by atoms with van der Waals surface area (Å²) < 4.78 is 2.13. The highest BCUT2D eigenvalue weighted by Gasteiger charge is 2.21. The maximum Gasteiger partial charge on any atom is 0.237 e. The molecular weight excluding hydrogens is 252 g/mol. The topological polar surface area (TPSA) is 59.0 Å². The van der Waals surface area contributed by atoms with Crippen LogP contribution in [0.1, 0.15) is 19.3 Å². The van der Waals surface area contributed by atoms with Crippen LogP contribution in [-0.4, -0.2) is 34.6 Å². The highest BCUT2D eigenvalue weighted by molar-refractivity contribution is 5.81. The van der Waals surface area contributed by atoms with Crippen LogP contribution in [0.3, 0.4) is 0 Å². The van der Waals surface area contributed by atoms with Crippen LogP contribution in [0.5, 0.6) is 0 Å². The van der Waals surface area contributed by atoms with Crippen molar-refractivity contribution in [1.82, 2.24) is 20.2 Å². The van der Waals surface area contributed by atoms with Crippen molar-refractivity contribution in [3.05, 3.63) is 30.6 Å². The van der Waals surface area contributed by atoms with Crippen molar-refractivity contribution in [3.8, 4) is 0 Å². The number of amides is 1. The molecule has 2 N–H and O–H groups in total. The lowest BCUT2D eigenvalue weighted by Crippen LogP contribution is -2.40. The van der Waals surface area contributed by atoms with E-state index in [4.69, 9.17) is 0 Å². The first kappa shape index (κ1) is 13.1. The summed E-state index contributed by atoms with van der Waals surface area (Å²) in [6.45, 7) is 2.54. The van der Waals surface area contributed by atoms with E-state index in [2.05, 4.69) is 26.3 Å². The minimum absolute atomic E-state index is 0.0177. The quantitative estimate of drug-likeness (QED) is 0.807. The fourth-order valence-corrected chi connectivity index (χ4v) is 2.68. The van der Waals surface area contributed by atoms with Crippen molar-refractivity contribution >= 4 is 16.9 Å². The van der Waals surface area contributed by atoms with E-state index in [0.29, 0.717) is 6.54 Å². The maximum atomic E-state index is 11.8. The molecule has 0 bridgehead atoms. The number of carbonyl (C=O) groups is 1. The number of imidazole rings is 1. The molecule has 1 aromatic carbocycles. The van der Waals surface area contributed by atoms with Crippen LogP contribution in [0.15, 0.2) is 30.6 Å². The van der Waals surface area contributed by atoms with Gasteiger partial charge in [0.25, 0.3) is 0 Å². The summed E-state index contributed by atoms with van der Waals surface area (Å²) in [5.41, 5.74) is 2.17. The average molecular weight is 272 g/mol. The standard InChI is InChI=1S/C15H20N4O/c20-15(13-6-3-8-16-13)17-9-4-10-19-11-18-12-5-1-2-7-14(12)19/h1-2,5,7,11,13,16H,3-4,6,8-10H2,(H,17,20)/t13-/m0/s1. The molecule has 1 fully saturated rings. The Morgan fingerprint density at radius 1 is 1.45 bits per heavy atom. The number of fused-ring (bicyclic) bond motifs is 1. The summed E-state index contributed by atoms with van der Waals surface area (Å²) in [5, 5.41) is 6.21. The molecule has 3 rings (SSSR count). The number of para-hydroxylation sites is 2. The lowest BCUT2D eigenvalue weighted by Gasteiger charge is -2.11. The zero-order valence-corrected chi connectivity index (χ0v) is 11.5. The molecule has 1 aromatic heterocycles. The average Bonchev–Trinajstić information content (AvgIpc) is 3.13. The highest BCUT2D eigenvalue weighted by Crippen LogP contribution is 2.11. The first-order chi connectivity index (χ1) is 9.84. The molecule has 1 aliphatic rings. The van der Waals surface area contributed by atoms with Crippen molar-refractivity contribution in [2.24, 2.45) is 0 Å². The van der Waals surface area contributed by atoms with Gasteiger partial charge in [0.1, 0.15) is 0 Å². The van der Waals surface area contributed by atoms with Gasteiger partial charge >= 0.3 is 0 Å². The van der Waals surface area contributed by atoms with Gasteiger partial charge in [-0.1, -0.05) is 12.1 Å². The van der Waals surface area contributed by atoms with Crippen LogP contribution in [0.2, 0.25) is 0 Å². The van der Waals surface area contributed by atoms with E-state index >= 15 is 0 Å². The zero-order valence-electron chi connectivity index (χ0n) is 11.5. The number of hydrogen-bond donors (Lipinski definition) is 2. The fourth-order valence-electron chi connectivity index (χ4n) is 2.68. The van der Waals surface area contributed by atoms with Crippen molar-refractivity contribution in [2.45, 2.75) is 31.8 Å². The summed E-state index contributed by atoms with van der Waals surface area (Å²) >= 11 is 0. The molecular formula is C15H20N4O. The number of nitrogens with zero attached hydrogens (tertiary/aromatic N) is 2. The number of nitrogens with one attached hydrogen (secondary N) is 2. The van der Waals surface area contributed by atoms with Crippen LogP contribution in [0, 0.1) is 0 Å². The van der Waals surface area contributed by atoms with Crippen LogP contribution < -0.4 is 10.6 Å². The highest BCUT2D eigenvalue weighted by atomic mass is 16.2. The third-order valence-corrected chi connectivity index (χ3v) is 3.78. The molecule has 5 heteroatoms. The SMILES string of the molecule is O=C(NCCCn1cnc2ccccc21)[C@@H]1CCCN1. The van der Waals surface area contributed by atoms with Gasteiger partial charge in [0, 0.05) is 13.1 Å². The Balaban J connectivity index is 1.47. The van der Waals surface area contributed by atoms with Crippen molar-refractivity contribution < 1.29 is 4.79 Å². The molecule has 1 amide bonds. The lowest BCUT2D eigenvalue weighted by atomic mass is 10.2. The normalized spacial score (nSPS) is 18.5. The van der Waals surface area contributed by atoms with Crippen LogP contribution in [0.25, 0.3) is 11.0 Å². The summed E-state index contributed by atoms with van der Waals surface area (Å²) in [5.74, 6) is 0.137. The first-order valence-corrected chi connectivity index (χ1v) is 7.25. The van der Waals surface area contributed by atoms with Crippen LogP contribution >= 0.6 is 0 Å². The molecule has 0 radical (unpaired) electrons. The number of aryl methyl sites for hydroxylation is 1. The van der Waals surface area contributed by atoms with Gasteiger partial charge in [-0.05, 0) is 37.9 Å². The zero-order chi connectivity index (χ0) is 13.8. The maximum absolute atomic E-state index is 11.8. The monoisotopic (exact) mass is 272 g/mol. The number of rotatable bonds is 5. The largest absolute Gasteiger partial charge is 0.355 e. The number of benzene rings is 1. The van der Waals surface area contributed by atoms with Gasteiger partial charge in [0.05, 0.1) is 23.4 Å². The van der Waals surface area contributed by atoms with E-state index in [1.807, 2.05) is 24.5 Å². The molecule has 20 heavy (non-hydrogen) atoms. The molecule has 2 aromatic rings. The molecule has 0 spiro atoms. The third kappa shape index (κ3) is 2.82. The van der Waals surface area contributed by atoms with Gasteiger partial charge in [-0.25, -0.2) is 4.98 Å². The van der Waals surface area contributed by atoms with Gasteiger partial charge in [0.2, 0.25) is 5.91 Å². The predicted octanol–water partition coefficient (Wildman–Crippen LogP) is 1.29. The Kier molecular flexibility index (Phi) is 3.97. The van der Waals surface area contributed by atoms with Crippen LogP contribution in [0.4, 0.5) is 0 Å². The molecule has 1 aliphatic heterocycles. The lowest BCUT2D eigenvalue weighted by molar-refractivity contribution is -0.122. The number of aromatic nitrogens is 2. The van der Waals surface area contributed by atoms with Gasteiger partial charge in [-0.2, -0.15) is 0 Å². The minimum atomic E-state index is 0.0177. The van der Waals surface area contributed by atoms with Gasteiger partial charge in [-0.3, -0.25) is 4.79 Å². The van der Waals surface area contributed by atoms with Crippen molar-refractivity contribution in [1.29, 1.82) is 0 Å². The van der Waals surface area contributed by atoms with Gasteiger partial charge in [-0.15, -0.1) is 0 Å². The summed E-state index contributed by atoms with van der Waals surface area (Å²) in [6.07, 6.45) is 4.83. The van der Waals surface area contributed by atoms with Gasteiger partial charge in [0.15, 0.2) is 0 Å². The predicted molar refractivity (Wildman–Crippen MR) is 78.4 cm³/mol. The second-order valence-electron chi connectivity index (χ2n) is 5.22. The molecule has 106 valence electrons. The molecule has 1 atom stereocenters. The Labute approximate surface area is 118 Å². The molecule has 1 saturated heterocycles. The Morgan fingerprint density at radius 2 is 2.35 bits per heavy atom.